The summed E-state index contributed by atoms with van der Waals surface area (Å²) in [5.74, 6) is -0.461. The molecule has 0 atom stereocenters. The van der Waals surface area contributed by atoms with Crippen molar-refractivity contribution in [3.63, 3.8) is 0 Å². The Morgan fingerprint density at radius 1 is 0.972 bits per heavy atom. The fourth-order valence-corrected chi connectivity index (χ4v) is 5.99. The van der Waals surface area contributed by atoms with E-state index in [4.69, 9.17) is 10.8 Å². The van der Waals surface area contributed by atoms with Crippen LogP contribution in [0.25, 0.3) is 33.1 Å². The van der Waals surface area contributed by atoms with E-state index >= 15 is 4.39 Å². The third kappa shape index (κ3) is 3.83. The Morgan fingerprint density at radius 2 is 1.75 bits per heavy atom. The first-order valence-electron chi connectivity index (χ1n) is 11.7. The fraction of sp³-hybridized carbons (Fsp3) is 0.192. The maximum Gasteiger partial charge on any atom is 0.262 e. The second kappa shape index (κ2) is 8.56. The zero-order valence-corrected chi connectivity index (χ0v) is 20.0. The third-order valence-electron chi connectivity index (χ3n) is 6.71. The van der Waals surface area contributed by atoms with Gasteiger partial charge in [0, 0.05) is 5.56 Å². The van der Waals surface area contributed by atoms with E-state index in [1.54, 1.807) is 18.2 Å². The molecule has 0 unspecified atom stereocenters. The van der Waals surface area contributed by atoms with Gasteiger partial charge in [-0.1, -0.05) is 49.2 Å². The number of aromatic nitrogens is 4. The Balaban J connectivity index is 1.36. The number of nitrogens with two attached hydrogens (primary N) is 1. The minimum Gasteiger partial charge on any atom is -0.383 e. The summed E-state index contributed by atoms with van der Waals surface area (Å²) in [7, 11) is -4.00. The molecule has 0 radical (unpaired) electrons. The number of hydrogen-bond donors (Lipinski definition) is 2. The number of rotatable bonds is 5. The largest absolute Gasteiger partial charge is 0.383 e. The minimum absolute atomic E-state index is 0.0518. The van der Waals surface area contributed by atoms with Crippen LogP contribution in [0.2, 0.25) is 0 Å². The highest BCUT2D eigenvalue weighted by atomic mass is 32.2. The highest BCUT2D eigenvalue weighted by Gasteiger charge is 2.25. The molecule has 6 rings (SSSR count). The standard InChI is InChI=1S/C26H23FN6O2S/c27-21-14-18(24-23-25(28)29-15-30-26(23)33(31-24)19-7-3-4-8-19)10-12-22(21)32-36(34,35)20-11-9-16-5-1-2-6-17(16)13-20/h1-2,5-6,9-15,19,32H,3-4,7-8H2,(H2,28,29,30). The fourth-order valence-electron chi connectivity index (χ4n) is 4.88. The summed E-state index contributed by atoms with van der Waals surface area (Å²) in [4.78, 5) is 8.56. The summed E-state index contributed by atoms with van der Waals surface area (Å²) in [6.45, 7) is 0. The molecule has 2 heterocycles. The lowest BCUT2D eigenvalue weighted by atomic mass is 10.1. The topological polar surface area (TPSA) is 116 Å². The molecule has 8 nitrogen and oxygen atoms in total. The van der Waals surface area contributed by atoms with Crippen LogP contribution < -0.4 is 10.5 Å². The van der Waals surface area contributed by atoms with Gasteiger partial charge in [0.05, 0.1) is 22.0 Å². The second-order valence-corrected chi connectivity index (χ2v) is 10.7. The molecule has 10 heteroatoms. The number of nitrogens with zero attached hydrogens (tertiary/aromatic N) is 4. The van der Waals surface area contributed by atoms with Gasteiger partial charge < -0.3 is 5.73 Å². The Morgan fingerprint density at radius 3 is 2.53 bits per heavy atom. The molecular weight excluding hydrogens is 479 g/mol. The normalized spacial score (nSPS) is 14.6. The third-order valence-corrected chi connectivity index (χ3v) is 8.07. The lowest BCUT2D eigenvalue weighted by Crippen LogP contribution is -2.14. The van der Waals surface area contributed by atoms with Crippen molar-refractivity contribution in [3.8, 4) is 11.3 Å². The van der Waals surface area contributed by atoms with Gasteiger partial charge in [0.2, 0.25) is 0 Å². The first kappa shape index (κ1) is 22.4. The summed E-state index contributed by atoms with van der Waals surface area (Å²) in [5, 5.41) is 7.01. The van der Waals surface area contributed by atoms with Gasteiger partial charge >= 0.3 is 0 Å². The van der Waals surface area contributed by atoms with Crippen molar-refractivity contribution in [2.45, 2.75) is 36.6 Å². The quantitative estimate of drug-likeness (QED) is 0.338. The molecule has 5 aromatic rings. The van der Waals surface area contributed by atoms with E-state index < -0.39 is 15.8 Å². The second-order valence-electron chi connectivity index (χ2n) is 9.00. The highest BCUT2D eigenvalue weighted by molar-refractivity contribution is 7.92. The summed E-state index contributed by atoms with van der Waals surface area (Å²) >= 11 is 0. The highest BCUT2D eigenvalue weighted by Crippen LogP contribution is 2.37. The lowest BCUT2D eigenvalue weighted by molar-refractivity contribution is 0.479. The van der Waals surface area contributed by atoms with Crippen LogP contribution >= 0.6 is 0 Å². The average Bonchev–Trinajstić information content (AvgIpc) is 3.54. The van der Waals surface area contributed by atoms with Crippen LogP contribution in [0.3, 0.4) is 0 Å². The molecule has 36 heavy (non-hydrogen) atoms. The van der Waals surface area contributed by atoms with Gasteiger partial charge in [0.1, 0.15) is 23.7 Å². The van der Waals surface area contributed by atoms with Crippen LogP contribution in [0.15, 0.2) is 71.9 Å². The van der Waals surface area contributed by atoms with Gasteiger partial charge in [-0.25, -0.2) is 27.5 Å². The minimum atomic E-state index is -4.00. The number of benzene rings is 3. The van der Waals surface area contributed by atoms with Gasteiger partial charge in [0.15, 0.2) is 5.65 Å². The molecule has 2 aromatic heterocycles. The van der Waals surface area contributed by atoms with Gasteiger partial charge in [0.25, 0.3) is 10.0 Å². The number of anilines is 2. The monoisotopic (exact) mass is 502 g/mol. The predicted molar refractivity (Wildman–Crippen MR) is 137 cm³/mol. The molecule has 1 aliphatic carbocycles. The molecule has 0 saturated heterocycles. The molecule has 0 aliphatic heterocycles. The van der Waals surface area contributed by atoms with E-state index in [-0.39, 0.29) is 22.4 Å². The molecule has 0 spiro atoms. The summed E-state index contributed by atoms with van der Waals surface area (Å²) in [6, 6.07) is 16.7. The van der Waals surface area contributed by atoms with Gasteiger partial charge in [-0.2, -0.15) is 5.10 Å². The first-order valence-corrected chi connectivity index (χ1v) is 13.2. The summed E-state index contributed by atoms with van der Waals surface area (Å²) in [5.41, 5.74) is 7.56. The van der Waals surface area contributed by atoms with Crippen molar-refractivity contribution in [2.24, 2.45) is 0 Å². The zero-order valence-electron chi connectivity index (χ0n) is 19.2. The molecule has 1 fully saturated rings. The van der Waals surface area contributed by atoms with Gasteiger partial charge in [-0.15, -0.1) is 0 Å². The SMILES string of the molecule is Nc1ncnc2c1c(-c1ccc(NS(=O)(=O)c3ccc4ccccc4c3)c(F)c1)nn2C1CCCC1. The molecule has 3 N–H and O–H groups in total. The molecule has 0 bridgehead atoms. The van der Waals surface area contributed by atoms with Crippen molar-refractivity contribution in [1.82, 2.24) is 19.7 Å². The Hall–Kier alpha value is -4.05. The summed E-state index contributed by atoms with van der Waals surface area (Å²) in [6.07, 6.45) is 5.61. The van der Waals surface area contributed by atoms with Crippen LogP contribution in [0.4, 0.5) is 15.9 Å². The average molecular weight is 503 g/mol. The van der Waals surface area contributed by atoms with Crippen molar-refractivity contribution in [2.75, 3.05) is 10.5 Å². The van der Waals surface area contributed by atoms with Crippen LogP contribution in [-0.2, 0) is 10.0 Å². The van der Waals surface area contributed by atoms with E-state index in [0.717, 1.165) is 36.5 Å². The maximum atomic E-state index is 15.2. The molecule has 3 aromatic carbocycles. The van der Waals surface area contributed by atoms with Crippen molar-refractivity contribution >= 4 is 43.3 Å². The van der Waals surface area contributed by atoms with Crippen LogP contribution in [0.1, 0.15) is 31.7 Å². The Kier molecular flexibility index (Phi) is 5.33. The van der Waals surface area contributed by atoms with Crippen molar-refractivity contribution < 1.29 is 12.8 Å². The van der Waals surface area contributed by atoms with E-state index in [1.165, 1.54) is 24.5 Å². The van der Waals surface area contributed by atoms with Crippen LogP contribution in [-0.4, -0.2) is 28.2 Å². The van der Waals surface area contributed by atoms with Crippen LogP contribution in [0.5, 0.6) is 0 Å². The number of sulfonamides is 1. The molecule has 0 amide bonds. The maximum absolute atomic E-state index is 15.2. The van der Waals surface area contributed by atoms with Crippen molar-refractivity contribution in [1.29, 1.82) is 0 Å². The summed E-state index contributed by atoms with van der Waals surface area (Å²) < 4.78 is 45.4. The van der Waals surface area contributed by atoms with E-state index in [0.29, 0.717) is 22.3 Å². The van der Waals surface area contributed by atoms with E-state index in [2.05, 4.69) is 14.7 Å². The number of nitrogen functional groups attached to an aromatic ring is 1. The Bertz CT molecular complexity index is 1730. The van der Waals surface area contributed by atoms with Crippen molar-refractivity contribution in [3.05, 3.63) is 72.8 Å². The first-order chi connectivity index (χ1) is 17.4. The number of nitrogens with one attached hydrogen (secondary N) is 1. The van der Waals surface area contributed by atoms with E-state index in [1.807, 2.05) is 28.9 Å². The number of fused-ring (bicyclic) bond motifs is 2. The number of halogens is 1. The van der Waals surface area contributed by atoms with Crippen LogP contribution in [0, 0.1) is 5.82 Å². The predicted octanol–water partition coefficient (Wildman–Crippen LogP) is 5.28. The molecule has 1 aliphatic rings. The van der Waals surface area contributed by atoms with E-state index in [9.17, 15) is 8.42 Å². The lowest BCUT2D eigenvalue weighted by Gasteiger charge is -2.11. The van der Waals surface area contributed by atoms with Gasteiger partial charge in [-0.05, 0) is 47.9 Å². The van der Waals surface area contributed by atoms with Gasteiger partial charge in [-0.3, -0.25) is 4.72 Å². The molecule has 182 valence electrons. The Labute approximate surface area is 207 Å². The number of hydrogen-bond acceptors (Lipinski definition) is 6. The molecular formula is C26H23FN6O2S. The smallest absolute Gasteiger partial charge is 0.262 e. The zero-order chi connectivity index (χ0) is 24.9. The molecule has 1 saturated carbocycles.